The number of aliphatic hydroxyl groups is 1. The van der Waals surface area contributed by atoms with Crippen LogP contribution in [0.1, 0.15) is 17.0 Å². The lowest BCUT2D eigenvalue weighted by Crippen LogP contribution is -2.10. The molecular weight excluding hydrogens is 270 g/mol. The summed E-state index contributed by atoms with van der Waals surface area (Å²) in [5.41, 5.74) is 0.797. The minimum atomic E-state index is -0.475. The van der Waals surface area contributed by atoms with Crippen LogP contribution in [0.2, 0.25) is 5.02 Å². The van der Waals surface area contributed by atoms with Gasteiger partial charge < -0.3 is 5.11 Å². The Bertz CT molecular complexity index is 572. The summed E-state index contributed by atoms with van der Waals surface area (Å²) in [4.78, 5) is 0. The number of hydrogen-bond acceptors (Lipinski definition) is 1. The van der Waals surface area contributed by atoms with Crippen molar-refractivity contribution in [1.82, 2.24) is 0 Å². The second-order valence-electron chi connectivity index (χ2n) is 4.34. The van der Waals surface area contributed by atoms with Gasteiger partial charge in [-0.15, -0.1) is 0 Å². The summed E-state index contributed by atoms with van der Waals surface area (Å²) in [5.74, 6) is -1.31. The predicted molar refractivity (Wildman–Crippen MR) is 71.3 cm³/mol. The summed E-state index contributed by atoms with van der Waals surface area (Å²) in [6.45, 7) is -0.247. The lowest BCUT2D eigenvalue weighted by atomic mass is 9.92. The van der Waals surface area contributed by atoms with Gasteiger partial charge in [-0.3, -0.25) is 0 Å². The third-order valence-electron chi connectivity index (χ3n) is 3.05. The molecule has 0 radical (unpaired) electrons. The highest BCUT2D eigenvalue weighted by atomic mass is 35.5. The van der Waals surface area contributed by atoms with E-state index in [2.05, 4.69) is 0 Å². The average Bonchev–Trinajstić information content (AvgIpc) is 2.39. The van der Waals surface area contributed by atoms with Crippen LogP contribution in [-0.2, 0) is 6.42 Å². The maximum atomic E-state index is 13.7. The highest BCUT2D eigenvalue weighted by Crippen LogP contribution is 2.25. The van der Waals surface area contributed by atoms with Gasteiger partial charge in [0.1, 0.15) is 11.6 Å². The molecule has 2 rings (SSSR count). The van der Waals surface area contributed by atoms with Crippen LogP contribution in [0.4, 0.5) is 8.78 Å². The number of benzene rings is 2. The Morgan fingerprint density at radius 2 is 1.79 bits per heavy atom. The summed E-state index contributed by atoms with van der Waals surface area (Å²) in [6.07, 6.45) is 0.223. The van der Waals surface area contributed by atoms with E-state index in [1.54, 1.807) is 30.3 Å². The Hall–Kier alpha value is -1.45. The number of rotatable bonds is 4. The van der Waals surface area contributed by atoms with Crippen LogP contribution in [-0.4, -0.2) is 11.7 Å². The van der Waals surface area contributed by atoms with Crippen LogP contribution >= 0.6 is 11.6 Å². The van der Waals surface area contributed by atoms with E-state index in [9.17, 15) is 13.9 Å². The molecule has 0 heterocycles. The molecule has 0 amide bonds. The van der Waals surface area contributed by atoms with Crippen molar-refractivity contribution >= 4 is 11.6 Å². The van der Waals surface area contributed by atoms with Crippen LogP contribution in [0.5, 0.6) is 0 Å². The predicted octanol–water partition coefficient (Wildman–Crippen LogP) is 3.94. The molecule has 4 heteroatoms. The van der Waals surface area contributed by atoms with E-state index < -0.39 is 17.6 Å². The zero-order chi connectivity index (χ0) is 13.8. The highest BCUT2D eigenvalue weighted by Gasteiger charge is 2.17. The van der Waals surface area contributed by atoms with Crippen LogP contribution in [0.3, 0.4) is 0 Å². The standard InChI is InChI=1S/C15H13ClF2O/c16-12-6-5-10(15(18)8-12)7-11(9-19)13-3-1-2-4-14(13)17/h1-6,8,11,19H,7,9H2. The zero-order valence-electron chi connectivity index (χ0n) is 10.1. The molecule has 1 nitrogen and oxygen atoms in total. The second kappa shape index (κ2) is 6.13. The molecule has 1 N–H and O–H groups in total. The van der Waals surface area contributed by atoms with E-state index >= 15 is 0 Å². The van der Waals surface area contributed by atoms with Crippen molar-refractivity contribution in [3.63, 3.8) is 0 Å². The quantitative estimate of drug-likeness (QED) is 0.901. The molecule has 2 aromatic rings. The van der Waals surface area contributed by atoms with E-state index in [0.717, 1.165) is 0 Å². The largest absolute Gasteiger partial charge is 0.396 e. The fourth-order valence-electron chi connectivity index (χ4n) is 2.03. The van der Waals surface area contributed by atoms with Crippen molar-refractivity contribution in [3.05, 3.63) is 70.2 Å². The second-order valence-corrected chi connectivity index (χ2v) is 4.78. The maximum absolute atomic E-state index is 13.7. The van der Waals surface area contributed by atoms with Crippen molar-refractivity contribution in [3.8, 4) is 0 Å². The third-order valence-corrected chi connectivity index (χ3v) is 3.28. The molecule has 0 bridgehead atoms. The number of aliphatic hydroxyl groups excluding tert-OH is 1. The topological polar surface area (TPSA) is 20.2 Å². The lowest BCUT2D eigenvalue weighted by Gasteiger charge is -2.16. The summed E-state index contributed by atoms with van der Waals surface area (Å²) < 4.78 is 27.4. The molecule has 0 saturated carbocycles. The van der Waals surface area contributed by atoms with E-state index in [-0.39, 0.29) is 13.0 Å². The van der Waals surface area contributed by atoms with Crippen molar-refractivity contribution in [2.45, 2.75) is 12.3 Å². The fraction of sp³-hybridized carbons (Fsp3) is 0.200. The first-order valence-electron chi connectivity index (χ1n) is 5.91. The van der Waals surface area contributed by atoms with E-state index in [1.807, 2.05) is 0 Å². The normalized spacial score (nSPS) is 12.4. The molecule has 0 saturated heterocycles. The first-order chi connectivity index (χ1) is 9.11. The maximum Gasteiger partial charge on any atom is 0.127 e. The van der Waals surface area contributed by atoms with E-state index in [4.69, 9.17) is 11.6 Å². The van der Waals surface area contributed by atoms with Crippen molar-refractivity contribution in [2.75, 3.05) is 6.61 Å². The summed E-state index contributed by atoms with van der Waals surface area (Å²) in [7, 11) is 0. The van der Waals surface area contributed by atoms with Crippen molar-refractivity contribution < 1.29 is 13.9 Å². The Kier molecular flexibility index (Phi) is 4.51. The Morgan fingerprint density at radius 3 is 2.42 bits per heavy atom. The smallest absolute Gasteiger partial charge is 0.127 e. The highest BCUT2D eigenvalue weighted by molar-refractivity contribution is 6.30. The molecule has 0 aliphatic rings. The molecule has 2 aromatic carbocycles. The van der Waals surface area contributed by atoms with Crippen molar-refractivity contribution in [1.29, 1.82) is 0 Å². The third kappa shape index (κ3) is 3.31. The Morgan fingerprint density at radius 1 is 1.05 bits per heavy atom. The number of hydrogen-bond donors (Lipinski definition) is 1. The Labute approximate surface area is 115 Å². The van der Waals surface area contributed by atoms with Crippen LogP contribution in [0.25, 0.3) is 0 Å². The van der Waals surface area contributed by atoms with Gasteiger partial charge >= 0.3 is 0 Å². The molecule has 0 aliphatic carbocycles. The molecule has 0 aliphatic heterocycles. The monoisotopic (exact) mass is 282 g/mol. The molecular formula is C15H13ClF2O. The zero-order valence-corrected chi connectivity index (χ0v) is 10.9. The van der Waals surface area contributed by atoms with Gasteiger partial charge in [0.15, 0.2) is 0 Å². The van der Waals surface area contributed by atoms with Gasteiger partial charge in [-0.25, -0.2) is 8.78 Å². The molecule has 0 fully saturated rings. The molecule has 19 heavy (non-hydrogen) atoms. The summed E-state index contributed by atoms with van der Waals surface area (Å²) in [5, 5.41) is 9.71. The van der Waals surface area contributed by atoms with Gasteiger partial charge in [-0.1, -0.05) is 35.9 Å². The van der Waals surface area contributed by atoms with Crippen LogP contribution in [0.15, 0.2) is 42.5 Å². The van der Waals surface area contributed by atoms with Crippen LogP contribution < -0.4 is 0 Å². The van der Waals surface area contributed by atoms with Gasteiger partial charge in [0.2, 0.25) is 0 Å². The first kappa shape index (κ1) is 14.0. The fourth-order valence-corrected chi connectivity index (χ4v) is 2.19. The van der Waals surface area contributed by atoms with Gasteiger partial charge in [-0.05, 0) is 35.7 Å². The molecule has 1 atom stereocenters. The van der Waals surface area contributed by atoms with Gasteiger partial charge in [-0.2, -0.15) is 0 Å². The molecule has 0 spiro atoms. The summed E-state index contributed by atoms with van der Waals surface area (Å²) >= 11 is 5.68. The SMILES string of the molecule is OCC(Cc1ccc(Cl)cc1F)c1ccccc1F. The van der Waals surface area contributed by atoms with Crippen molar-refractivity contribution in [2.24, 2.45) is 0 Å². The van der Waals surface area contributed by atoms with Gasteiger partial charge in [0, 0.05) is 10.9 Å². The van der Waals surface area contributed by atoms with Crippen LogP contribution in [0, 0.1) is 11.6 Å². The molecule has 1 unspecified atom stereocenters. The summed E-state index contributed by atoms with van der Waals surface area (Å²) in [6, 6.07) is 10.6. The molecule has 100 valence electrons. The van der Waals surface area contributed by atoms with Gasteiger partial charge in [0.05, 0.1) is 6.61 Å². The lowest BCUT2D eigenvalue weighted by molar-refractivity contribution is 0.261. The Balaban J connectivity index is 2.27. The first-order valence-corrected chi connectivity index (χ1v) is 6.29. The molecule has 0 aromatic heterocycles. The minimum Gasteiger partial charge on any atom is -0.396 e. The van der Waals surface area contributed by atoms with E-state index in [1.165, 1.54) is 12.1 Å². The number of halogens is 3. The van der Waals surface area contributed by atoms with E-state index in [0.29, 0.717) is 16.1 Å². The average molecular weight is 283 g/mol. The minimum absolute atomic E-state index is 0.223. The van der Waals surface area contributed by atoms with Gasteiger partial charge in [0.25, 0.3) is 0 Å².